The van der Waals surface area contributed by atoms with Gasteiger partial charge in [-0.25, -0.2) is 0 Å². The van der Waals surface area contributed by atoms with Gasteiger partial charge in [0, 0.05) is 5.69 Å². The lowest BCUT2D eigenvalue weighted by atomic mass is 10.1. The Balaban J connectivity index is 2.07. The molecule has 0 saturated carbocycles. The second-order valence-electron chi connectivity index (χ2n) is 3.88. The Kier molecular flexibility index (Phi) is 3.61. The minimum absolute atomic E-state index is 0.311. The van der Waals surface area contributed by atoms with E-state index in [0.29, 0.717) is 23.5 Å². The molecule has 1 heterocycles. The molecule has 1 aromatic heterocycles. The summed E-state index contributed by atoms with van der Waals surface area (Å²) in [5.41, 5.74) is 2.21. The topological polar surface area (TPSA) is 92.5 Å². The largest absolute Gasteiger partial charge is 0.342 e. The van der Waals surface area contributed by atoms with E-state index in [-0.39, 0.29) is 5.91 Å². The molecule has 19 heavy (non-hydrogen) atoms. The fourth-order valence-electron chi connectivity index (χ4n) is 1.59. The van der Waals surface area contributed by atoms with E-state index in [0.717, 1.165) is 5.56 Å². The number of anilines is 1. The van der Waals surface area contributed by atoms with E-state index < -0.39 is 0 Å². The highest BCUT2D eigenvalue weighted by Gasteiger charge is 2.08. The number of hydrogen-bond acceptors (Lipinski definition) is 3. The lowest BCUT2D eigenvalue weighted by Crippen LogP contribution is -2.12. The summed E-state index contributed by atoms with van der Waals surface area (Å²) in [5.74, 6) is -0.311. The summed E-state index contributed by atoms with van der Waals surface area (Å²) < 4.78 is 0. The van der Waals surface area contributed by atoms with Crippen molar-refractivity contribution < 1.29 is 4.79 Å². The number of amides is 1. The standard InChI is InChI=1S/C14H10N4O/c15-8-7-10-1-3-11(4-2-10)18-14(19)13-6-5-12(9-16)17-13/h1-6,17H,7H2,(H,18,19). The van der Waals surface area contributed by atoms with Gasteiger partial charge in [0.25, 0.3) is 5.91 Å². The smallest absolute Gasteiger partial charge is 0.272 e. The Hall–Kier alpha value is -3.05. The maximum Gasteiger partial charge on any atom is 0.272 e. The summed E-state index contributed by atoms with van der Waals surface area (Å²) >= 11 is 0. The summed E-state index contributed by atoms with van der Waals surface area (Å²) in [6, 6.07) is 14.1. The lowest BCUT2D eigenvalue weighted by Gasteiger charge is -2.04. The van der Waals surface area contributed by atoms with E-state index in [1.54, 1.807) is 36.4 Å². The van der Waals surface area contributed by atoms with Gasteiger partial charge >= 0.3 is 0 Å². The number of nitrogens with zero attached hydrogens (tertiary/aromatic N) is 2. The summed E-state index contributed by atoms with van der Waals surface area (Å²) in [4.78, 5) is 14.5. The van der Waals surface area contributed by atoms with Crippen LogP contribution in [0.3, 0.4) is 0 Å². The van der Waals surface area contributed by atoms with E-state index in [1.807, 2.05) is 6.07 Å². The maximum absolute atomic E-state index is 11.8. The first-order chi connectivity index (χ1) is 9.22. The van der Waals surface area contributed by atoms with Crippen molar-refractivity contribution in [2.45, 2.75) is 6.42 Å². The minimum atomic E-state index is -0.311. The second-order valence-corrected chi connectivity index (χ2v) is 3.88. The molecule has 0 spiro atoms. The van der Waals surface area contributed by atoms with E-state index in [2.05, 4.69) is 16.4 Å². The highest BCUT2D eigenvalue weighted by molar-refractivity contribution is 6.03. The van der Waals surface area contributed by atoms with E-state index in [1.165, 1.54) is 0 Å². The van der Waals surface area contributed by atoms with Gasteiger partial charge in [-0.15, -0.1) is 0 Å². The molecular weight excluding hydrogens is 240 g/mol. The summed E-state index contributed by atoms with van der Waals surface area (Å²) in [6.07, 6.45) is 0.344. The van der Waals surface area contributed by atoms with Crippen LogP contribution < -0.4 is 5.32 Å². The van der Waals surface area contributed by atoms with Crippen LogP contribution in [0.2, 0.25) is 0 Å². The molecule has 1 amide bonds. The Morgan fingerprint density at radius 1 is 1.16 bits per heavy atom. The van der Waals surface area contributed by atoms with Crippen LogP contribution in [-0.2, 0) is 6.42 Å². The van der Waals surface area contributed by atoms with Gasteiger partial charge in [-0.2, -0.15) is 10.5 Å². The van der Waals surface area contributed by atoms with E-state index >= 15 is 0 Å². The number of aromatic nitrogens is 1. The van der Waals surface area contributed by atoms with Gasteiger partial charge in [-0.1, -0.05) is 12.1 Å². The Morgan fingerprint density at radius 2 is 1.89 bits per heavy atom. The number of carbonyl (C=O) groups is 1. The Morgan fingerprint density at radius 3 is 2.47 bits per heavy atom. The summed E-state index contributed by atoms with van der Waals surface area (Å²) in [5, 5.41) is 19.9. The van der Waals surface area contributed by atoms with Gasteiger partial charge in [-0.3, -0.25) is 4.79 Å². The zero-order chi connectivity index (χ0) is 13.7. The molecule has 5 nitrogen and oxygen atoms in total. The number of nitrogens with one attached hydrogen (secondary N) is 2. The molecule has 0 aliphatic heterocycles. The highest BCUT2D eigenvalue weighted by atomic mass is 16.1. The third-order valence-electron chi connectivity index (χ3n) is 2.55. The number of benzene rings is 1. The molecule has 0 fully saturated rings. The maximum atomic E-state index is 11.8. The van der Waals surface area contributed by atoms with Crippen LogP contribution in [0.25, 0.3) is 0 Å². The zero-order valence-electron chi connectivity index (χ0n) is 9.97. The monoisotopic (exact) mass is 250 g/mol. The predicted octanol–water partition coefficient (Wildman–Crippen LogP) is 2.20. The first-order valence-electron chi connectivity index (χ1n) is 5.59. The van der Waals surface area contributed by atoms with E-state index in [9.17, 15) is 4.79 Å². The fourth-order valence-corrected chi connectivity index (χ4v) is 1.59. The van der Waals surface area contributed by atoms with Gasteiger partial charge in [-0.05, 0) is 29.8 Å². The van der Waals surface area contributed by atoms with Gasteiger partial charge in [0.1, 0.15) is 17.5 Å². The van der Waals surface area contributed by atoms with Crippen LogP contribution >= 0.6 is 0 Å². The second kappa shape index (κ2) is 5.52. The number of carbonyl (C=O) groups excluding carboxylic acids is 1. The molecule has 2 N–H and O–H groups in total. The van der Waals surface area contributed by atoms with Gasteiger partial charge in [0.15, 0.2) is 0 Å². The van der Waals surface area contributed by atoms with Crippen molar-refractivity contribution in [2.24, 2.45) is 0 Å². The molecule has 0 aliphatic carbocycles. The van der Waals surface area contributed by atoms with Crippen molar-refractivity contribution >= 4 is 11.6 Å². The average Bonchev–Trinajstić information content (AvgIpc) is 2.90. The molecule has 1 aromatic carbocycles. The van der Waals surface area contributed by atoms with Gasteiger partial charge in [0.2, 0.25) is 0 Å². The SMILES string of the molecule is N#CCc1ccc(NC(=O)c2ccc(C#N)[nH]2)cc1. The predicted molar refractivity (Wildman–Crippen MR) is 69.2 cm³/mol. The number of H-pyrrole nitrogens is 1. The quantitative estimate of drug-likeness (QED) is 0.874. The third-order valence-corrected chi connectivity index (χ3v) is 2.55. The van der Waals surface area contributed by atoms with Crippen LogP contribution in [0, 0.1) is 22.7 Å². The van der Waals surface area contributed by atoms with Crippen LogP contribution in [0.5, 0.6) is 0 Å². The fraction of sp³-hybridized carbons (Fsp3) is 0.0714. The average molecular weight is 250 g/mol. The molecule has 2 rings (SSSR count). The van der Waals surface area contributed by atoms with Crippen molar-refractivity contribution in [1.29, 1.82) is 10.5 Å². The zero-order valence-corrected chi connectivity index (χ0v) is 9.97. The molecule has 0 unspecified atom stereocenters. The number of rotatable bonds is 3. The van der Waals surface area contributed by atoms with Gasteiger partial charge < -0.3 is 10.3 Å². The molecular formula is C14H10N4O. The first kappa shape index (κ1) is 12.4. The first-order valence-corrected chi connectivity index (χ1v) is 5.59. The molecule has 0 aliphatic rings. The van der Waals surface area contributed by atoms with Crippen molar-refractivity contribution in [3.63, 3.8) is 0 Å². The van der Waals surface area contributed by atoms with Crippen LogP contribution in [0.1, 0.15) is 21.7 Å². The van der Waals surface area contributed by atoms with Gasteiger partial charge in [0.05, 0.1) is 12.5 Å². The number of hydrogen-bond donors (Lipinski definition) is 2. The number of aromatic amines is 1. The lowest BCUT2D eigenvalue weighted by molar-refractivity contribution is 0.102. The Labute approximate surface area is 110 Å². The molecule has 0 saturated heterocycles. The highest BCUT2D eigenvalue weighted by Crippen LogP contribution is 2.11. The van der Waals surface area contributed by atoms with Crippen molar-refractivity contribution in [3.8, 4) is 12.1 Å². The molecule has 0 radical (unpaired) electrons. The minimum Gasteiger partial charge on any atom is -0.342 e. The molecule has 5 heteroatoms. The van der Waals surface area contributed by atoms with Crippen LogP contribution in [0.15, 0.2) is 36.4 Å². The molecule has 0 bridgehead atoms. The van der Waals surface area contributed by atoms with Crippen molar-refractivity contribution in [2.75, 3.05) is 5.32 Å². The normalized spacial score (nSPS) is 9.37. The Bertz CT molecular complexity index is 671. The van der Waals surface area contributed by atoms with E-state index in [4.69, 9.17) is 10.5 Å². The van der Waals surface area contributed by atoms with Crippen molar-refractivity contribution in [3.05, 3.63) is 53.3 Å². The van der Waals surface area contributed by atoms with Crippen LogP contribution in [-0.4, -0.2) is 10.9 Å². The summed E-state index contributed by atoms with van der Waals surface area (Å²) in [7, 11) is 0. The third kappa shape index (κ3) is 2.99. The molecule has 2 aromatic rings. The van der Waals surface area contributed by atoms with Crippen molar-refractivity contribution in [1.82, 2.24) is 4.98 Å². The number of nitriles is 2. The molecule has 92 valence electrons. The summed E-state index contributed by atoms with van der Waals surface area (Å²) in [6.45, 7) is 0. The molecule has 0 atom stereocenters. The van der Waals surface area contributed by atoms with Crippen LogP contribution in [0.4, 0.5) is 5.69 Å².